The Morgan fingerprint density at radius 1 is 1.50 bits per heavy atom. The first-order chi connectivity index (χ1) is 7.47. The molecule has 2 aliphatic rings. The summed E-state index contributed by atoms with van der Waals surface area (Å²) < 4.78 is 4.72. The van der Waals surface area contributed by atoms with Crippen LogP contribution in [-0.4, -0.2) is 24.5 Å². The molecular weight excluding hydrogens is 206 g/mol. The van der Waals surface area contributed by atoms with Crippen molar-refractivity contribution in [3.63, 3.8) is 0 Å². The van der Waals surface area contributed by atoms with E-state index in [1.165, 1.54) is 7.11 Å². The van der Waals surface area contributed by atoms with Gasteiger partial charge in [-0.1, -0.05) is 13.3 Å². The Hall–Kier alpha value is -1.06. The van der Waals surface area contributed by atoms with Gasteiger partial charge in [-0.3, -0.25) is 9.59 Å². The van der Waals surface area contributed by atoms with Crippen LogP contribution in [0.4, 0.5) is 0 Å². The van der Waals surface area contributed by atoms with Gasteiger partial charge in [0.25, 0.3) is 0 Å². The first kappa shape index (κ1) is 11.4. The van der Waals surface area contributed by atoms with Crippen LogP contribution in [0.5, 0.6) is 0 Å². The molecule has 2 atom stereocenters. The topological polar surface area (TPSA) is 55.4 Å². The molecule has 1 N–H and O–H groups in total. The quantitative estimate of drug-likeness (QED) is 0.722. The van der Waals surface area contributed by atoms with E-state index in [2.05, 4.69) is 12.2 Å². The average molecular weight is 225 g/mol. The van der Waals surface area contributed by atoms with Gasteiger partial charge < -0.3 is 10.1 Å². The number of rotatable bonds is 2. The molecule has 4 heteroatoms. The molecule has 0 aromatic carbocycles. The third-order valence-electron chi connectivity index (χ3n) is 3.90. The molecule has 0 aromatic heterocycles. The van der Waals surface area contributed by atoms with Crippen molar-refractivity contribution in [2.45, 2.75) is 51.0 Å². The SMILES string of the molecule is COC(=O)C[C@]12CCC[C@](C)(CC(=O)N1)C2. The van der Waals surface area contributed by atoms with Crippen molar-refractivity contribution in [2.24, 2.45) is 5.41 Å². The predicted molar refractivity (Wildman–Crippen MR) is 58.7 cm³/mol. The second-order valence-electron chi connectivity index (χ2n) is 5.60. The Morgan fingerprint density at radius 3 is 2.94 bits per heavy atom. The minimum absolute atomic E-state index is 0.0780. The van der Waals surface area contributed by atoms with E-state index in [1.807, 2.05) is 0 Å². The Balaban J connectivity index is 2.18. The number of nitrogens with one attached hydrogen (secondary N) is 1. The van der Waals surface area contributed by atoms with Gasteiger partial charge in [-0.2, -0.15) is 0 Å². The smallest absolute Gasteiger partial charge is 0.307 e. The number of methoxy groups -OCH3 is 1. The Bertz CT molecular complexity index is 328. The van der Waals surface area contributed by atoms with Crippen molar-refractivity contribution in [2.75, 3.05) is 7.11 Å². The lowest BCUT2D eigenvalue weighted by Gasteiger charge is -2.50. The number of amides is 1. The molecule has 0 radical (unpaired) electrons. The van der Waals surface area contributed by atoms with Gasteiger partial charge in [0.2, 0.25) is 5.91 Å². The third kappa shape index (κ3) is 2.06. The van der Waals surface area contributed by atoms with E-state index in [-0.39, 0.29) is 22.8 Å². The fourth-order valence-corrected chi connectivity index (χ4v) is 3.38. The number of esters is 1. The van der Waals surface area contributed by atoms with Crippen molar-refractivity contribution in [1.82, 2.24) is 5.32 Å². The number of hydrogen-bond acceptors (Lipinski definition) is 3. The highest BCUT2D eigenvalue weighted by Crippen LogP contribution is 2.48. The summed E-state index contributed by atoms with van der Waals surface area (Å²) in [6.07, 6.45) is 4.86. The minimum Gasteiger partial charge on any atom is -0.469 e. The number of carbonyl (C=O) groups excluding carboxylic acids is 2. The van der Waals surface area contributed by atoms with Crippen LogP contribution in [0.1, 0.15) is 45.4 Å². The molecule has 2 bridgehead atoms. The van der Waals surface area contributed by atoms with Crippen molar-refractivity contribution in [3.8, 4) is 0 Å². The summed E-state index contributed by atoms with van der Waals surface area (Å²) >= 11 is 0. The number of piperidine rings is 1. The number of fused-ring (bicyclic) bond motifs is 2. The monoisotopic (exact) mass is 225 g/mol. The molecule has 1 saturated heterocycles. The van der Waals surface area contributed by atoms with Crippen molar-refractivity contribution < 1.29 is 14.3 Å². The molecule has 16 heavy (non-hydrogen) atoms. The maximum absolute atomic E-state index is 11.7. The summed E-state index contributed by atoms with van der Waals surface area (Å²) in [6, 6.07) is 0. The molecule has 4 nitrogen and oxygen atoms in total. The molecule has 2 rings (SSSR count). The largest absolute Gasteiger partial charge is 0.469 e. The normalized spacial score (nSPS) is 37.8. The van der Waals surface area contributed by atoms with E-state index >= 15 is 0 Å². The second-order valence-corrected chi connectivity index (χ2v) is 5.60. The van der Waals surface area contributed by atoms with Crippen LogP contribution in [-0.2, 0) is 14.3 Å². The fourth-order valence-electron chi connectivity index (χ4n) is 3.38. The number of carbonyl (C=O) groups is 2. The maximum atomic E-state index is 11.7. The summed E-state index contributed by atoms with van der Waals surface area (Å²) in [5.41, 5.74) is -0.260. The highest BCUT2D eigenvalue weighted by molar-refractivity contribution is 5.80. The minimum atomic E-state index is -0.338. The van der Waals surface area contributed by atoms with Gasteiger partial charge in [-0.15, -0.1) is 0 Å². The first-order valence-corrected chi connectivity index (χ1v) is 5.85. The van der Waals surface area contributed by atoms with Crippen LogP contribution in [0.3, 0.4) is 0 Å². The lowest BCUT2D eigenvalue weighted by Crippen LogP contribution is -2.59. The summed E-state index contributed by atoms with van der Waals surface area (Å²) in [6.45, 7) is 2.15. The highest BCUT2D eigenvalue weighted by Gasteiger charge is 2.49. The van der Waals surface area contributed by atoms with E-state index in [9.17, 15) is 9.59 Å². The van der Waals surface area contributed by atoms with Crippen molar-refractivity contribution in [3.05, 3.63) is 0 Å². The van der Waals surface area contributed by atoms with Crippen molar-refractivity contribution in [1.29, 1.82) is 0 Å². The van der Waals surface area contributed by atoms with Gasteiger partial charge in [0.05, 0.1) is 19.1 Å². The molecule has 1 aliphatic heterocycles. The predicted octanol–water partition coefficient (Wildman–Crippen LogP) is 1.39. The fraction of sp³-hybridized carbons (Fsp3) is 0.833. The zero-order chi connectivity index (χ0) is 11.8. The van der Waals surface area contributed by atoms with Crippen LogP contribution < -0.4 is 5.32 Å². The van der Waals surface area contributed by atoms with E-state index in [0.717, 1.165) is 25.7 Å². The summed E-state index contributed by atoms with van der Waals surface area (Å²) in [5, 5.41) is 3.01. The Kier molecular flexibility index (Phi) is 2.68. The lowest BCUT2D eigenvalue weighted by atomic mass is 9.62. The van der Waals surface area contributed by atoms with Crippen LogP contribution in [0.25, 0.3) is 0 Å². The molecular formula is C12H19NO3. The first-order valence-electron chi connectivity index (χ1n) is 5.85. The van der Waals surface area contributed by atoms with Crippen LogP contribution in [0.15, 0.2) is 0 Å². The molecule has 0 spiro atoms. The van der Waals surface area contributed by atoms with Crippen LogP contribution in [0.2, 0.25) is 0 Å². The van der Waals surface area contributed by atoms with E-state index in [4.69, 9.17) is 4.74 Å². The van der Waals surface area contributed by atoms with E-state index < -0.39 is 0 Å². The zero-order valence-electron chi connectivity index (χ0n) is 9.97. The van der Waals surface area contributed by atoms with Crippen LogP contribution >= 0.6 is 0 Å². The molecule has 1 amide bonds. The molecule has 0 aromatic rings. The maximum Gasteiger partial charge on any atom is 0.307 e. The number of hydrogen-bond donors (Lipinski definition) is 1. The van der Waals surface area contributed by atoms with Gasteiger partial charge in [-0.25, -0.2) is 0 Å². The summed E-state index contributed by atoms with van der Waals surface area (Å²) in [5.74, 6) is -0.149. The van der Waals surface area contributed by atoms with Crippen molar-refractivity contribution >= 4 is 11.9 Å². The molecule has 0 unspecified atom stereocenters. The van der Waals surface area contributed by atoms with Gasteiger partial charge in [0, 0.05) is 6.42 Å². The molecule has 1 heterocycles. The lowest BCUT2D eigenvalue weighted by molar-refractivity contribution is -0.146. The van der Waals surface area contributed by atoms with Gasteiger partial charge in [0.1, 0.15) is 0 Å². The molecule has 90 valence electrons. The zero-order valence-corrected chi connectivity index (χ0v) is 9.97. The van der Waals surface area contributed by atoms with E-state index in [1.54, 1.807) is 0 Å². The van der Waals surface area contributed by atoms with Gasteiger partial charge >= 0.3 is 5.97 Å². The molecule has 1 saturated carbocycles. The Labute approximate surface area is 95.7 Å². The highest BCUT2D eigenvalue weighted by atomic mass is 16.5. The standard InChI is InChI=1S/C12H19NO3/c1-11-4-3-5-12(8-11,7-10(15)16-2)13-9(14)6-11/h3-8H2,1-2H3,(H,13,14)/t11-,12+/m1/s1. The third-order valence-corrected chi connectivity index (χ3v) is 3.90. The van der Waals surface area contributed by atoms with Gasteiger partial charge in [-0.05, 0) is 24.7 Å². The second kappa shape index (κ2) is 3.75. The molecule has 2 fully saturated rings. The number of ether oxygens (including phenoxy) is 1. The Morgan fingerprint density at radius 2 is 2.25 bits per heavy atom. The van der Waals surface area contributed by atoms with E-state index in [0.29, 0.717) is 12.8 Å². The average Bonchev–Trinajstić information content (AvgIpc) is 2.14. The van der Waals surface area contributed by atoms with Crippen LogP contribution in [0, 0.1) is 5.41 Å². The molecule has 1 aliphatic carbocycles. The summed E-state index contributed by atoms with van der Waals surface area (Å²) in [7, 11) is 1.39. The van der Waals surface area contributed by atoms with Gasteiger partial charge in [0.15, 0.2) is 0 Å². The summed E-state index contributed by atoms with van der Waals surface area (Å²) in [4.78, 5) is 23.1.